The number of halogens is 1. The number of para-hydroxylation sites is 1. The molecular formula is C16H13ClN2O3. The molecule has 2 aromatic rings. The zero-order valence-corrected chi connectivity index (χ0v) is 12.6. The molecule has 0 unspecified atom stereocenters. The van der Waals surface area contributed by atoms with E-state index in [1.54, 1.807) is 25.3 Å². The Bertz CT molecular complexity index is 742. The third-order valence-corrected chi connectivity index (χ3v) is 3.43. The lowest BCUT2D eigenvalue weighted by Gasteiger charge is -2.19. The van der Waals surface area contributed by atoms with E-state index in [1.807, 2.05) is 18.2 Å². The summed E-state index contributed by atoms with van der Waals surface area (Å²) >= 11 is 5.71. The molecule has 1 aromatic heterocycles. The SMILES string of the molecule is COc1cccc2c1OCC(C(=O)Nc1ccc(Cl)nc1)=C2. The molecule has 1 aliphatic heterocycles. The van der Waals surface area contributed by atoms with Gasteiger partial charge in [-0.05, 0) is 24.3 Å². The molecule has 0 saturated carbocycles. The average Bonchev–Trinajstić information content (AvgIpc) is 2.55. The third kappa shape index (κ3) is 2.89. The Hall–Kier alpha value is -2.53. The van der Waals surface area contributed by atoms with E-state index >= 15 is 0 Å². The van der Waals surface area contributed by atoms with E-state index in [9.17, 15) is 4.79 Å². The number of nitrogens with one attached hydrogen (secondary N) is 1. The van der Waals surface area contributed by atoms with Crippen LogP contribution >= 0.6 is 11.6 Å². The van der Waals surface area contributed by atoms with E-state index in [0.29, 0.717) is 27.9 Å². The van der Waals surface area contributed by atoms with Gasteiger partial charge in [-0.1, -0.05) is 23.7 Å². The minimum atomic E-state index is -0.238. The first kappa shape index (κ1) is 14.4. The van der Waals surface area contributed by atoms with Crippen molar-refractivity contribution < 1.29 is 14.3 Å². The topological polar surface area (TPSA) is 60.5 Å². The number of hydrogen-bond acceptors (Lipinski definition) is 4. The van der Waals surface area contributed by atoms with Crippen molar-refractivity contribution in [2.24, 2.45) is 0 Å². The summed E-state index contributed by atoms with van der Waals surface area (Å²) in [5.41, 5.74) is 1.91. The van der Waals surface area contributed by atoms with Crippen LogP contribution in [-0.2, 0) is 4.79 Å². The molecule has 22 heavy (non-hydrogen) atoms. The number of nitrogens with zero attached hydrogens (tertiary/aromatic N) is 1. The highest BCUT2D eigenvalue weighted by Gasteiger charge is 2.20. The zero-order chi connectivity index (χ0) is 15.5. The number of rotatable bonds is 3. The number of aromatic nitrogens is 1. The average molecular weight is 317 g/mol. The molecule has 1 aromatic carbocycles. The van der Waals surface area contributed by atoms with E-state index < -0.39 is 0 Å². The van der Waals surface area contributed by atoms with Crippen LogP contribution in [0.15, 0.2) is 42.1 Å². The Labute approximate surface area is 132 Å². The third-order valence-electron chi connectivity index (χ3n) is 3.21. The molecule has 2 heterocycles. The maximum atomic E-state index is 12.3. The smallest absolute Gasteiger partial charge is 0.255 e. The molecule has 1 N–H and O–H groups in total. The number of methoxy groups -OCH3 is 1. The highest BCUT2D eigenvalue weighted by molar-refractivity contribution is 6.29. The molecule has 6 heteroatoms. The minimum absolute atomic E-state index is 0.181. The van der Waals surface area contributed by atoms with Crippen LogP contribution in [0.3, 0.4) is 0 Å². The van der Waals surface area contributed by atoms with E-state index in [2.05, 4.69) is 10.3 Å². The molecule has 5 nitrogen and oxygen atoms in total. The number of hydrogen-bond donors (Lipinski definition) is 1. The lowest BCUT2D eigenvalue weighted by atomic mass is 10.1. The van der Waals surface area contributed by atoms with Crippen molar-refractivity contribution in [2.75, 3.05) is 19.0 Å². The monoisotopic (exact) mass is 316 g/mol. The Morgan fingerprint density at radius 1 is 1.36 bits per heavy atom. The first-order valence-corrected chi connectivity index (χ1v) is 6.98. The summed E-state index contributed by atoms with van der Waals surface area (Å²) < 4.78 is 10.9. The molecule has 0 aliphatic carbocycles. The molecule has 0 fully saturated rings. The molecule has 3 rings (SSSR count). The first-order chi connectivity index (χ1) is 10.7. The predicted molar refractivity (Wildman–Crippen MR) is 84.3 cm³/mol. The Balaban J connectivity index is 1.81. The van der Waals surface area contributed by atoms with Crippen LogP contribution in [0.25, 0.3) is 6.08 Å². The standard InChI is InChI=1S/C16H13ClN2O3/c1-21-13-4-2-3-10-7-11(9-22-15(10)13)16(20)19-12-5-6-14(17)18-8-12/h2-8H,9H2,1H3,(H,19,20). The van der Waals surface area contributed by atoms with Gasteiger partial charge in [-0.2, -0.15) is 0 Å². The number of fused-ring (bicyclic) bond motifs is 1. The Kier molecular flexibility index (Phi) is 3.98. The summed E-state index contributed by atoms with van der Waals surface area (Å²) in [6.07, 6.45) is 3.29. The summed E-state index contributed by atoms with van der Waals surface area (Å²) in [7, 11) is 1.58. The normalized spacial score (nSPS) is 12.7. The van der Waals surface area contributed by atoms with Crippen LogP contribution < -0.4 is 14.8 Å². The van der Waals surface area contributed by atoms with Gasteiger partial charge >= 0.3 is 0 Å². The van der Waals surface area contributed by atoms with Crippen LogP contribution in [0, 0.1) is 0 Å². The Morgan fingerprint density at radius 3 is 2.95 bits per heavy atom. The molecule has 1 aliphatic rings. The summed E-state index contributed by atoms with van der Waals surface area (Å²) in [6.45, 7) is 0.181. The van der Waals surface area contributed by atoms with E-state index in [-0.39, 0.29) is 12.5 Å². The van der Waals surface area contributed by atoms with Crippen LogP contribution in [0.2, 0.25) is 5.15 Å². The number of benzene rings is 1. The van der Waals surface area contributed by atoms with E-state index in [4.69, 9.17) is 21.1 Å². The number of ether oxygens (including phenoxy) is 2. The second kappa shape index (κ2) is 6.07. The molecule has 112 valence electrons. The van der Waals surface area contributed by atoms with Crippen molar-refractivity contribution in [3.63, 3.8) is 0 Å². The molecule has 0 saturated heterocycles. The van der Waals surface area contributed by atoms with Gasteiger partial charge in [0.05, 0.1) is 24.6 Å². The van der Waals surface area contributed by atoms with Gasteiger partial charge in [-0.3, -0.25) is 4.79 Å². The summed E-state index contributed by atoms with van der Waals surface area (Å²) in [5.74, 6) is 1.06. The second-order valence-corrected chi connectivity index (χ2v) is 5.05. The van der Waals surface area contributed by atoms with Crippen molar-refractivity contribution in [3.05, 3.63) is 52.8 Å². The van der Waals surface area contributed by atoms with Crippen molar-refractivity contribution >= 4 is 29.3 Å². The van der Waals surface area contributed by atoms with E-state index in [1.165, 1.54) is 6.20 Å². The second-order valence-electron chi connectivity index (χ2n) is 4.66. The van der Waals surface area contributed by atoms with Gasteiger partial charge in [0.2, 0.25) is 0 Å². The molecule has 0 bridgehead atoms. The van der Waals surface area contributed by atoms with Gasteiger partial charge in [-0.25, -0.2) is 4.98 Å². The van der Waals surface area contributed by atoms with E-state index in [0.717, 1.165) is 5.56 Å². The van der Waals surface area contributed by atoms with Crippen molar-refractivity contribution in [2.45, 2.75) is 0 Å². The number of anilines is 1. The predicted octanol–water partition coefficient (Wildman–Crippen LogP) is 3.16. The number of amides is 1. The van der Waals surface area contributed by atoms with Gasteiger partial charge in [0.25, 0.3) is 5.91 Å². The maximum Gasteiger partial charge on any atom is 0.255 e. The van der Waals surface area contributed by atoms with Crippen molar-refractivity contribution in [1.82, 2.24) is 4.98 Å². The summed E-state index contributed by atoms with van der Waals surface area (Å²) in [5, 5.41) is 3.13. The highest BCUT2D eigenvalue weighted by Crippen LogP contribution is 2.35. The number of carbonyl (C=O) groups is 1. The molecule has 0 atom stereocenters. The fraction of sp³-hybridized carbons (Fsp3) is 0.125. The quantitative estimate of drug-likeness (QED) is 0.884. The van der Waals surface area contributed by atoms with Crippen molar-refractivity contribution in [1.29, 1.82) is 0 Å². The number of pyridine rings is 1. The summed E-state index contributed by atoms with van der Waals surface area (Å²) in [4.78, 5) is 16.2. The van der Waals surface area contributed by atoms with Gasteiger partial charge in [-0.15, -0.1) is 0 Å². The van der Waals surface area contributed by atoms with Gasteiger partial charge in [0.15, 0.2) is 11.5 Å². The van der Waals surface area contributed by atoms with Gasteiger partial charge in [0, 0.05) is 5.56 Å². The van der Waals surface area contributed by atoms with Crippen LogP contribution in [0.1, 0.15) is 5.56 Å². The molecule has 0 radical (unpaired) electrons. The van der Waals surface area contributed by atoms with Crippen LogP contribution in [0.4, 0.5) is 5.69 Å². The molecular weight excluding hydrogens is 304 g/mol. The van der Waals surface area contributed by atoms with Gasteiger partial charge < -0.3 is 14.8 Å². The lowest BCUT2D eigenvalue weighted by molar-refractivity contribution is -0.113. The van der Waals surface area contributed by atoms with Crippen LogP contribution in [-0.4, -0.2) is 24.6 Å². The van der Waals surface area contributed by atoms with Crippen molar-refractivity contribution in [3.8, 4) is 11.5 Å². The van der Waals surface area contributed by atoms with Crippen LogP contribution in [0.5, 0.6) is 11.5 Å². The minimum Gasteiger partial charge on any atom is -0.493 e. The fourth-order valence-electron chi connectivity index (χ4n) is 2.13. The first-order valence-electron chi connectivity index (χ1n) is 6.60. The lowest BCUT2D eigenvalue weighted by Crippen LogP contribution is -2.21. The Morgan fingerprint density at radius 2 is 2.23 bits per heavy atom. The zero-order valence-electron chi connectivity index (χ0n) is 11.8. The highest BCUT2D eigenvalue weighted by atomic mass is 35.5. The largest absolute Gasteiger partial charge is 0.493 e. The fourth-order valence-corrected chi connectivity index (χ4v) is 2.24. The van der Waals surface area contributed by atoms with Gasteiger partial charge in [0.1, 0.15) is 11.8 Å². The summed E-state index contributed by atoms with van der Waals surface area (Å²) in [6, 6.07) is 8.84. The maximum absolute atomic E-state index is 12.3. The molecule has 1 amide bonds. The number of carbonyl (C=O) groups excluding carboxylic acids is 1. The molecule has 0 spiro atoms.